The van der Waals surface area contributed by atoms with Gasteiger partial charge in [0.2, 0.25) is 0 Å². The van der Waals surface area contributed by atoms with E-state index in [2.05, 4.69) is 4.72 Å². The van der Waals surface area contributed by atoms with Gasteiger partial charge in [0.1, 0.15) is 0 Å². The molecule has 106 valence electrons. The fourth-order valence-corrected chi connectivity index (χ4v) is 4.94. The van der Waals surface area contributed by atoms with E-state index < -0.39 is 10.2 Å². The lowest BCUT2D eigenvalue weighted by atomic mass is 10.1. The van der Waals surface area contributed by atoms with Gasteiger partial charge in [-0.1, -0.05) is 12.8 Å². The number of piperidine rings is 1. The molecule has 3 N–H and O–H groups in total. The number of rotatable bonds is 4. The second-order valence-electron chi connectivity index (χ2n) is 5.61. The molecule has 18 heavy (non-hydrogen) atoms. The van der Waals surface area contributed by atoms with Gasteiger partial charge in [-0.2, -0.15) is 17.4 Å². The quantitative estimate of drug-likeness (QED) is 0.797. The summed E-state index contributed by atoms with van der Waals surface area (Å²) in [6.45, 7) is 3.21. The zero-order valence-corrected chi connectivity index (χ0v) is 12.0. The molecule has 0 aromatic rings. The van der Waals surface area contributed by atoms with Crippen LogP contribution in [0.25, 0.3) is 0 Å². The minimum atomic E-state index is -3.33. The first-order valence-electron chi connectivity index (χ1n) is 7.04. The van der Waals surface area contributed by atoms with E-state index in [0.717, 1.165) is 38.5 Å². The van der Waals surface area contributed by atoms with E-state index in [9.17, 15) is 8.42 Å². The van der Waals surface area contributed by atoms with Crippen molar-refractivity contribution in [3.63, 3.8) is 0 Å². The molecule has 0 amide bonds. The third-order valence-electron chi connectivity index (χ3n) is 4.31. The van der Waals surface area contributed by atoms with Crippen LogP contribution in [0.3, 0.4) is 0 Å². The smallest absolute Gasteiger partial charge is 0.279 e. The van der Waals surface area contributed by atoms with Gasteiger partial charge in [-0.3, -0.25) is 0 Å². The molecule has 1 saturated heterocycles. The van der Waals surface area contributed by atoms with Crippen molar-refractivity contribution in [2.45, 2.75) is 57.5 Å². The molecule has 5 nitrogen and oxygen atoms in total. The van der Waals surface area contributed by atoms with Crippen molar-refractivity contribution in [3.8, 4) is 0 Å². The number of nitrogens with zero attached hydrogens (tertiary/aromatic N) is 1. The molecule has 1 aliphatic heterocycles. The summed E-state index contributed by atoms with van der Waals surface area (Å²) in [6.07, 6.45) is 6.09. The van der Waals surface area contributed by atoms with Crippen molar-refractivity contribution in [1.82, 2.24) is 9.03 Å². The molecule has 3 atom stereocenters. The summed E-state index contributed by atoms with van der Waals surface area (Å²) in [5.74, 6) is 0.305. The second kappa shape index (κ2) is 5.86. The lowest BCUT2D eigenvalue weighted by molar-refractivity contribution is 0.262. The average molecular weight is 275 g/mol. The minimum Gasteiger partial charge on any atom is -0.330 e. The van der Waals surface area contributed by atoms with E-state index in [0.29, 0.717) is 19.0 Å². The first-order chi connectivity index (χ1) is 8.54. The molecule has 3 unspecified atom stereocenters. The maximum atomic E-state index is 12.4. The van der Waals surface area contributed by atoms with Crippen LogP contribution in [-0.2, 0) is 10.2 Å². The third kappa shape index (κ3) is 3.04. The number of hydrogen-bond donors (Lipinski definition) is 2. The van der Waals surface area contributed by atoms with Crippen molar-refractivity contribution in [2.75, 3.05) is 13.1 Å². The molecule has 0 bridgehead atoms. The van der Waals surface area contributed by atoms with Crippen LogP contribution in [0.4, 0.5) is 0 Å². The minimum absolute atomic E-state index is 0.0362. The molecule has 0 aromatic carbocycles. The van der Waals surface area contributed by atoms with E-state index in [1.54, 1.807) is 4.31 Å². The zero-order valence-electron chi connectivity index (χ0n) is 11.1. The van der Waals surface area contributed by atoms with Gasteiger partial charge in [0.05, 0.1) is 0 Å². The van der Waals surface area contributed by atoms with Gasteiger partial charge in [-0.15, -0.1) is 0 Å². The molecule has 0 radical (unpaired) electrons. The normalized spacial score (nSPS) is 34.9. The van der Waals surface area contributed by atoms with Gasteiger partial charge < -0.3 is 5.73 Å². The Labute approximate surface area is 110 Å². The monoisotopic (exact) mass is 275 g/mol. The number of nitrogens with two attached hydrogens (primary N) is 1. The van der Waals surface area contributed by atoms with Gasteiger partial charge in [-0.05, 0) is 45.1 Å². The van der Waals surface area contributed by atoms with Crippen LogP contribution in [-0.4, -0.2) is 37.9 Å². The predicted molar refractivity (Wildman–Crippen MR) is 72.3 cm³/mol. The first kappa shape index (κ1) is 14.2. The molecule has 0 aromatic heterocycles. The van der Waals surface area contributed by atoms with Gasteiger partial charge in [0, 0.05) is 18.6 Å². The summed E-state index contributed by atoms with van der Waals surface area (Å²) < 4.78 is 29.3. The summed E-state index contributed by atoms with van der Waals surface area (Å²) in [4.78, 5) is 0. The van der Waals surface area contributed by atoms with Gasteiger partial charge in [0.15, 0.2) is 0 Å². The molecular weight excluding hydrogens is 250 g/mol. The molecule has 0 spiro atoms. The van der Waals surface area contributed by atoms with Crippen LogP contribution < -0.4 is 10.5 Å². The standard InChI is InChI=1S/C12H25N3O2S/c1-10-5-2-3-8-15(10)18(16,17)14-12-7-4-6-11(12)9-13/h10-12,14H,2-9,13H2,1H3. The van der Waals surface area contributed by atoms with E-state index in [-0.39, 0.29) is 12.1 Å². The molecular formula is C12H25N3O2S. The molecule has 1 heterocycles. The molecule has 6 heteroatoms. The van der Waals surface area contributed by atoms with E-state index in [4.69, 9.17) is 5.73 Å². The van der Waals surface area contributed by atoms with Gasteiger partial charge in [0.25, 0.3) is 10.2 Å². The second-order valence-corrected chi connectivity index (χ2v) is 7.27. The Kier molecular flexibility index (Phi) is 4.64. The Morgan fingerprint density at radius 3 is 2.67 bits per heavy atom. The van der Waals surface area contributed by atoms with Gasteiger partial charge in [-0.25, -0.2) is 0 Å². The Balaban J connectivity index is 2.02. The summed E-state index contributed by atoms with van der Waals surface area (Å²) in [5, 5.41) is 0. The molecule has 2 fully saturated rings. The Morgan fingerprint density at radius 2 is 2.00 bits per heavy atom. The SMILES string of the molecule is CC1CCCCN1S(=O)(=O)NC1CCCC1CN. The predicted octanol–water partition coefficient (Wildman–Crippen LogP) is 0.823. The van der Waals surface area contributed by atoms with Gasteiger partial charge >= 0.3 is 0 Å². The Bertz CT molecular complexity index is 372. The van der Waals surface area contributed by atoms with Crippen molar-refractivity contribution >= 4 is 10.2 Å². The van der Waals surface area contributed by atoms with Crippen LogP contribution in [0.1, 0.15) is 45.4 Å². The van der Waals surface area contributed by atoms with Crippen LogP contribution in [0.15, 0.2) is 0 Å². The Morgan fingerprint density at radius 1 is 1.22 bits per heavy atom. The molecule has 1 aliphatic carbocycles. The topological polar surface area (TPSA) is 75.4 Å². The van der Waals surface area contributed by atoms with Crippen LogP contribution in [0.5, 0.6) is 0 Å². The highest BCUT2D eigenvalue weighted by atomic mass is 32.2. The lowest BCUT2D eigenvalue weighted by Crippen LogP contribution is -2.51. The molecule has 1 saturated carbocycles. The van der Waals surface area contributed by atoms with Crippen LogP contribution in [0.2, 0.25) is 0 Å². The van der Waals surface area contributed by atoms with E-state index >= 15 is 0 Å². The van der Waals surface area contributed by atoms with E-state index in [1.807, 2.05) is 6.92 Å². The lowest BCUT2D eigenvalue weighted by Gasteiger charge is -2.33. The van der Waals surface area contributed by atoms with Crippen molar-refractivity contribution in [3.05, 3.63) is 0 Å². The average Bonchev–Trinajstić information content (AvgIpc) is 2.76. The van der Waals surface area contributed by atoms with Crippen molar-refractivity contribution in [1.29, 1.82) is 0 Å². The maximum absolute atomic E-state index is 12.4. The summed E-state index contributed by atoms with van der Waals surface area (Å²) in [5.41, 5.74) is 5.70. The number of nitrogens with one attached hydrogen (secondary N) is 1. The Hall–Kier alpha value is -0.170. The zero-order chi connectivity index (χ0) is 13.2. The fraction of sp³-hybridized carbons (Fsp3) is 1.00. The third-order valence-corrected chi connectivity index (χ3v) is 6.07. The highest BCUT2D eigenvalue weighted by Gasteiger charge is 2.35. The summed E-state index contributed by atoms with van der Waals surface area (Å²) in [6, 6.07) is 0.156. The highest BCUT2D eigenvalue weighted by molar-refractivity contribution is 7.87. The summed E-state index contributed by atoms with van der Waals surface area (Å²) in [7, 11) is -3.33. The maximum Gasteiger partial charge on any atom is 0.279 e. The first-order valence-corrected chi connectivity index (χ1v) is 8.48. The highest BCUT2D eigenvalue weighted by Crippen LogP contribution is 2.27. The van der Waals surface area contributed by atoms with Crippen molar-refractivity contribution < 1.29 is 8.42 Å². The molecule has 2 aliphatic rings. The summed E-state index contributed by atoms with van der Waals surface area (Å²) >= 11 is 0. The van der Waals surface area contributed by atoms with E-state index in [1.165, 1.54) is 0 Å². The number of hydrogen-bond acceptors (Lipinski definition) is 3. The van der Waals surface area contributed by atoms with Crippen LogP contribution >= 0.6 is 0 Å². The van der Waals surface area contributed by atoms with Crippen molar-refractivity contribution in [2.24, 2.45) is 11.7 Å². The largest absolute Gasteiger partial charge is 0.330 e. The fourth-order valence-electron chi connectivity index (χ4n) is 3.16. The molecule has 2 rings (SSSR count). The van der Waals surface area contributed by atoms with Crippen LogP contribution in [0, 0.1) is 5.92 Å².